The van der Waals surface area contributed by atoms with Crippen molar-refractivity contribution in [2.45, 2.75) is 39.2 Å². The molecule has 0 bridgehead atoms. The molecule has 0 saturated carbocycles. The van der Waals surface area contributed by atoms with Crippen molar-refractivity contribution in [2.75, 3.05) is 13.1 Å². The lowest BCUT2D eigenvalue weighted by Gasteiger charge is -2.42. The maximum absolute atomic E-state index is 12.4. The van der Waals surface area contributed by atoms with Crippen molar-refractivity contribution in [3.8, 4) is 10.7 Å². The van der Waals surface area contributed by atoms with Crippen LogP contribution in [0.4, 0.5) is 0 Å². The van der Waals surface area contributed by atoms with Crippen molar-refractivity contribution < 1.29 is 9.32 Å². The number of aromatic nitrogens is 2. The molecule has 3 rings (SSSR count). The van der Waals surface area contributed by atoms with E-state index >= 15 is 0 Å². The highest BCUT2D eigenvalue weighted by Gasteiger charge is 2.35. The van der Waals surface area contributed by atoms with Gasteiger partial charge in [-0.2, -0.15) is 4.98 Å². The fourth-order valence-corrected chi connectivity index (χ4v) is 3.47. The maximum Gasteiger partial charge on any atom is 0.227 e. The minimum Gasteiger partial charge on any atom is -0.342 e. The highest BCUT2D eigenvalue weighted by Crippen LogP contribution is 2.28. The van der Waals surface area contributed by atoms with Gasteiger partial charge in [0.2, 0.25) is 17.6 Å². The van der Waals surface area contributed by atoms with E-state index in [1.807, 2.05) is 22.4 Å². The first-order valence-electron chi connectivity index (χ1n) is 7.85. The van der Waals surface area contributed by atoms with Gasteiger partial charge in [0.05, 0.1) is 4.88 Å². The second kappa shape index (κ2) is 6.41. The highest BCUT2D eigenvalue weighted by atomic mass is 32.1. The number of piperidine rings is 1. The van der Waals surface area contributed by atoms with E-state index in [-0.39, 0.29) is 17.4 Å². The lowest BCUT2D eigenvalue weighted by atomic mass is 9.79. The molecule has 1 amide bonds. The average molecular weight is 334 g/mol. The number of thiophene rings is 1. The quantitative estimate of drug-likeness (QED) is 0.927. The van der Waals surface area contributed by atoms with Crippen molar-refractivity contribution >= 4 is 17.2 Å². The number of carbonyl (C=O) groups is 1. The largest absolute Gasteiger partial charge is 0.342 e. The number of hydrogen-bond acceptors (Lipinski definition) is 6. The van der Waals surface area contributed by atoms with Gasteiger partial charge in [-0.05, 0) is 23.3 Å². The van der Waals surface area contributed by atoms with Crippen molar-refractivity contribution in [3.63, 3.8) is 0 Å². The summed E-state index contributed by atoms with van der Waals surface area (Å²) < 4.78 is 5.24. The molecule has 6 nitrogen and oxygen atoms in total. The fourth-order valence-electron chi connectivity index (χ4n) is 2.82. The lowest BCUT2D eigenvalue weighted by Crippen LogP contribution is -2.54. The Labute approximate surface area is 139 Å². The maximum atomic E-state index is 12.4. The number of carbonyl (C=O) groups excluding carboxylic acids is 1. The molecule has 1 aliphatic heterocycles. The van der Waals surface area contributed by atoms with E-state index in [0.29, 0.717) is 31.1 Å². The van der Waals surface area contributed by atoms with Gasteiger partial charge in [0.25, 0.3) is 0 Å². The molecule has 3 heterocycles. The summed E-state index contributed by atoms with van der Waals surface area (Å²) in [4.78, 5) is 19.6. The molecular weight excluding hydrogens is 312 g/mol. The molecule has 124 valence electrons. The Kier molecular flexibility index (Phi) is 4.50. The summed E-state index contributed by atoms with van der Waals surface area (Å²) in [7, 11) is 0. The predicted octanol–water partition coefficient (Wildman–Crippen LogP) is 2.32. The van der Waals surface area contributed by atoms with Crippen LogP contribution in [0.5, 0.6) is 0 Å². The number of nitrogens with zero attached hydrogens (tertiary/aromatic N) is 3. The molecule has 7 heteroatoms. The first-order valence-corrected chi connectivity index (χ1v) is 8.73. The van der Waals surface area contributed by atoms with Gasteiger partial charge in [-0.25, -0.2) is 0 Å². The summed E-state index contributed by atoms with van der Waals surface area (Å²) in [6.45, 7) is 5.66. The zero-order chi connectivity index (χ0) is 16.4. The average Bonchev–Trinajstić information content (AvgIpc) is 3.17. The van der Waals surface area contributed by atoms with E-state index in [1.165, 1.54) is 0 Å². The second-order valence-electron chi connectivity index (χ2n) is 6.69. The van der Waals surface area contributed by atoms with Crippen LogP contribution in [0.3, 0.4) is 0 Å². The number of hydrogen-bond donors (Lipinski definition) is 1. The van der Waals surface area contributed by atoms with E-state index in [4.69, 9.17) is 10.3 Å². The van der Waals surface area contributed by atoms with Crippen molar-refractivity contribution in [1.82, 2.24) is 15.0 Å². The summed E-state index contributed by atoms with van der Waals surface area (Å²) in [6, 6.07) is 4.04. The van der Waals surface area contributed by atoms with E-state index in [9.17, 15) is 4.79 Å². The highest BCUT2D eigenvalue weighted by molar-refractivity contribution is 7.13. The number of nitrogens with two attached hydrogens (primary N) is 1. The van der Waals surface area contributed by atoms with Crippen LogP contribution in [0, 0.1) is 5.41 Å². The van der Waals surface area contributed by atoms with Crippen molar-refractivity contribution in [2.24, 2.45) is 11.1 Å². The van der Waals surface area contributed by atoms with Gasteiger partial charge >= 0.3 is 0 Å². The Morgan fingerprint density at radius 2 is 2.39 bits per heavy atom. The summed E-state index contributed by atoms with van der Waals surface area (Å²) in [5.41, 5.74) is 6.08. The molecule has 2 N–H and O–H groups in total. The third-order valence-electron chi connectivity index (χ3n) is 4.43. The van der Waals surface area contributed by atoms with Crippen molar-refractivity contribution in [3.05, 3.63) is 23.4 Å². The van der Waals surface area contributed by atoms with Crippen LogP contribution in [0.2, 0.25) is 0 Å². The molecule has 23 heavy (non-hydrogen) atoms. The molecule has 0 aromatic carbocycles. The zero-order valence-electron chi connectivity index (χ0n) is 13.5. The Hall–Kier alpha value is -1.73. The standard InChI is InChI=1S/C16H22N4O2S/c1-16(2)10-20(8-7-12(16)17)14(21)6-5-13-18-15(19-22-13)11-4-3-9-23-11/h3-4,9,12H,5-8,10,17H2,1-2H3. The summed E-state index contributed by atoms with van der Waals surface area (Å²) in [5, 5.41) is 5.93. The number of amides is 1. The van der Waals surface area contributed by atoms with E-state index in [2.05, 4.69) is 24.0 Å². The van der Waals surface area contributed by atoms with Crippen molar-refractivity contribution in [1.29, 1.82) is 0 Å². The fraction of sp³-hybridized carbons (Fsp3) is 0.562. The van der Waals surface area contributed by atoms with E-state index in [1.54, 1.807) is 11.3 Å². The molecule has 2 aromatic rings. The molecule has 1 saturated heterocycles. The van der Waals surface area contributed by atoms with Gasteiger partial charge in [0, 0.05) is 32.0 Å². The normalized spacial score (nSPS) is 20.7. The van der Waals surface area contributed by atoms with Crippen LogP contribution in [-0.2, 0) is 11.2 Å². The van der Waals surface area contributed by atoms with Crippen LogP contribution in [0.15, 0.2) is 22.0 Å². The minimum absolute atomic E-state index is 0.0370. The SMILES string of the molecule is CC1(C)CN(C(=O)CCc2nc(-c3cccs3)no2)CCC1N. The lowest BCUT2D eigenvalue weighted by molar-refractivity contribution is -0.134. The molecule has 1 aliphatic rings. The van der Waals surface area contributed by atoms with Crippen LogP contribution in [0.1, 0.15) is 32.6 Å². The number of likely N-dealkylation sites (tertiary alicyclic amines) is 1. The van der Waals surface area contributed by atoms with Gasteiger partial charge in [-0.3, -0.25) is 4.79 Å². The molecule has 0 aliphatic carbocycles. The van der Waals surface area contributed by atoms with E-state index in [0.717, 1.165) is 17.8 Å². The smallest absolute Gasteiger partial charge is 0.227 e. The number of aryl methyl sites for hydroxylation is 1. The minimum atomic E-state index is -0.0370. The molecule has 1 fully saturated rings. The van der Waals surface area contributed by atoms with Gasteiger partial charge < -0.3 is 15.2 Å². The third kappa shape index (κ3) is 3.61. The Morgan fingerprint density at radius 3 is 3.09 bits per heavy atom. The van der Waals surface area contributed by atoms with Gasteiger partial charge in [-0.15, -0.1) is 11.3 Å². The first-order chi connectivity index (χ1) is 11.0. The van der Waals surface area contributed by atoms with Crippen LogP contribution in [-0.4, -0.2) is 40.1 Å². The summed E-state index contributed by atoms with van der Waals surface area (Å²) >= 11 is 1.56. The Bertz CT molecular complexity index is 665. The monoisotopic (exact) mass is 334 g/mol. The summed E-state index contributed by atoms with van der Waals surface area (Å²) in [5.74, 6) is 1.23. The summed E-state index contributed by atoms with van der Waals surface area (Å²) in [6.07, 6.45) is 1.71. The molecule has 2 aromatic heterocycles. The third-order valence-corrected chi connectivity index (χ3v) is 5.29. The van der Waals surface area contributed by atoms with Gasteiger partial charge in [0.15, 0.2) is 0 Å². The Balaban J connectivity index is 1.55. The van der Waals surface area contributed by atoms with Gasteiger partial charge in [-0.1, -0.05) is 25.1 Å². The molecule has 0 radical (unpaired) electrons. The first kappa shape index (κ1) is 16.1. The predicted molar refractivity (Wildman–Crippen MR) is 88.9 cm³/mol. The molecule has 1 atom stereocenters. The molecular formula is C16H22N4O2S. The molecule has 1 unspecified atom stereocenters. The Morgan fingerprint density at radius 1 is 1.57 bits per heavy atom. The second-order valence-corrected chi connectivity index (χ2v) is 7.64. The zero-order valence-corrected chi connectivity index (χ0v) is 14.3. The van der Waals surface area contributed by atoms with Crippen LogP contribution < -0.4 is 5.73 Å². The topological polar surface area (TPSA) is 85.2 Å². The number of rotatable bonds is 4. The van der Waals surface area contributed by atoms with Crippen LogP contribution in [0.25, 0.3) is 10.7 Å². The van der Waals surface area contributed by atoms with Gasteiger partial charge in [0.1, 0.15) is 0 Å². The van der Waals surface area contributed by atoms with Crippen LogP contribution >= 0.6 is 11.3 Å². The molecule has 0 spiro atoms. The van der Waals surface area contributed by atoms with E-state index < -0.39 is 0 Å².